The fraction of sp³-hybridized carbons (Fsp3) is 0.250. The summed E-state index contributed by atoms with van der Waals surface area (Å²) in [5.41, 5.74) is 9.74. The molecule has 3 heteroatoms. The zero-order chi connectivity index (χ0) is 13.4. The Balaban J connectivity index is 1.85. The summed E-state index contributed by atoms with van der Waals surface area (Å²) in [6.45, 7) is 1.92. The van der Waals surface area contributed by atoms with E-state index >= 15 is 0 Å². The number of hydrogen-bond acceptors (Lipinski definition) is 2. The first kappa shape index (κ1) is 12.7. The van der Waals surface area contributed by atoms with Crippen molar-refractivity contribution in [1.29, 1.82) is 0 Å². The summed E-state index contributed by atoms with van der Waals surface area (Å²) >= 11 is 1.83. The van der Waals surface area contributed by atoms with Crippen LogP contribution < -0.4 is 5.73 Å². The molecule has 0 aromatic heterocycles. The second kappa shape index (κ2) is 4.99. The molecule has 0 amide bonds. The zero-order valence-electron chi connectivity index (χ0n) is 10.8. The highest BCUT2D eigenvalue weighted by molar-refractivity contribution is 8.00. The van der Waals surface area contributed by atoms with Crippen LogP contribution in [0.15, 0.2) is 47.4 Å². The van der Waals surface area contributed by atoms with Crippen LogP contribution in [0.5, 0.6) is 0 Å². The summed E-state index contributed by atoms with van der Waals surface area (Å²) in [4.78, 5) is 1.32. The van der Waals surface area contributed by atoms with Crippen LogP contribution in [-0.2, 0) is 6.42 Å². The lowest BCUT2D eigenvalue weighted by molar-refractivity contribution is 0.620. The first-order chi connectivity index (χ1) is 9.15. The first-order valence-corrected chi connectivity index (χ1v) is 7.29. The number of fused-ring (bicyclic) bond motifs is 1. The lowest BCUT2D eigenvalue weighted by Gasteiger charge is -2.20. The van der Waals surface area contributed by atoms with E-state index in [2.05, 4.69) is 24.3 Å². The SMILES string of the molecule is Cc1cc(F)ccc1C(N)C1Cc2ccccc2S1. The number of halogens is 1. The Morgan fingerprint density at radius 1 is 1.26 bits per heavy atom. The van der Waals surface area contributed by atoms with Gasteiger partial charge in [0.15, 0.2) is 0 Å². The first-order valence-electron chi connectivity index (χ1n) is 6.41. The van der Waals surface area contributed by atoms with Crippen molar-refractivity contribution in [3.8, 4) is 0 Å². The average Bonchev–Trinajstić information content (AvgIpc) is 2.81. The minimum Gasteiger partial charge on any atom is -0.323 e. The molecule has 1 aliphatic rings. The van der Waals surface area contributed by atoms with Crippen molar-refractivity contribution < 1.29 is 4.39 Å². The molecule has 2 aromatic rings. The normalized spacial score (nSPS) is 19.2. The fourth-order valence-corrected chi connectivity index (χ4v) is 3.96. The maximum atomic E-state index is 13.2. The Kier molecular flexibility index (Phi) is 3.33. The van der Waals surface area contributed by atoms with E-state index in [0.29, 0.717) is 5.25 Å². The van der Waals surface area contributed by atoms with Gasteiger partial charge in [0.05, 0.1) is 0 Å². The second-order valence-corrected chi connectivity index (χ2v) is 6.28. The van der Waals surface area contributed by atoms with Gasteiger partial charge in [-0.1, -0.05) is 24.3 Å². The number of thioether (sulfide) groups is 1. The van der Waals surface area contributed by atoms with Gasteiger partial charge in [0.25, 0.3) is 0 Å². The molecule has 0 spiro atoms. The van der Waals surface area contributed by atoms with Crippen molar-refractivity contribution in [3.05, 3.63) is 65.0 Å². The Labute approximate surface area is 117 Å². The topological polar surface area (TPSA) is 26.0 Å². The van der Waals surface area contributed by atoms with Crippen molar-refractivity contribution in [2.45, 2.75) is 29.5 Å². The fourth-order valence-electron chi connectivity index (χ4n) is 2.62. The highest BCUT2D eigenvalue weighted by Crippen LogP contribution is 2.42. The molecule has 0 saturated carbocycles. The van der Waals surface area contributed by atoms with Crippen LogP contribution in [0.25, 0.3) is 0 Å². The van der Waals surface area contributed by atoms with Gasteiger partial charge in [-0.25, -0.2) is 4.39 Å². The van der Waals surface area contributed by atoms with E-state index in [1.54, 1.807) is 6.07 Å². The number of nitrogens with two attached hydrogens (primary N) is 1. The monoisotopic (exact) mass is 273 g/mol. The van der Waals surface area contributed by atoms with Gasteiger partial charge in [-0.2, -0.15) is 0 Å². The molecule has 0 aliphatic carbocycles. The third-order valence-electron chi connectivity index (χ3n) is 3.66. The molecule has 0 saturated heterocycles. The van der Waals surface area contributed by atoms with E-state index < -0.39 is 0 Å². The summed E-state index contributed by atoms with van der Waals surface area (Å²) in [6.07, 6.45) is 0.985. The molecule has 1 nitrogen and oxygen atoms in total. The van der Waals surface area contributed by atoms with Gasteiger partial charge < -0.3 is 5.73 Å². The third-order valence-corrected chi connectivity index (χ3v) is 5.08. The average molecular weight is 273 g/mol. The quantitative estimate of drug-likeness (QED) is 0.899. The van der Waals surface area contributed by atoms with Crippen LogP contribution >= 0.6 is 11.8 Å². The largest absolute Gasteiger partial charge is 0.323 e. The molecule has 2 aromatic carbocycles. The van der Waals surface area contributed by atoms with Gasteiger partial charge in [0, 0.05) is 16.2 Å². The highest BCUT2D eigenvalue weighted by atomic mass is 32.2. The van der Waals surface area contributed by atoms with Crippen molar-refractivity contribution in [3.63, 3.8) is 0 Å². The van der Waals surface area contributed by atoms with Crippen LogP contribution in [0.3, 0.4) is 0 Å². The second-order valence-electron chi connectivity index (χ2n) is 4.99. The smallest absolute Gasteiger partial charge is 0.123 e. The molecule has 2 N–H and O–H groups in total. The summed E-state index contributed by atoms with van der Waals surface area (Å²) in [5.74, 6) is -0.198. The zero-order valence-corrected chi connectivity index (χ0v) is 11.6. The molecule has 19 heavy (non-hydrogen) atoms. The molecule has 0 radical (unpaired) electrons. The van der Waals surface area contributed by atoms with Gasteiger partial charge in [-0.3, -0.25) is 0 Å². The van der Waals surface area contributed by atoms with Gasteiger partial charge in [0.1, 0.15) is 5.82 Å². The standard InChI is InChI=1S/C16H16FNS/c1-10-8-12(17)6-7-13(10)16(18)15-9-11-4-2-3-5-14(11)19-15/h2-8,15-16H,9,18H2,1H3. The molecule has 3 rings (SSSR count). The number of benzene rings is 2. The van der Waals surface area contributed by atoms with Crippen molar-refractivity contribution in [1.82, 2.24) is 0 Å². The highest BCUT2D eigenvalue weighted by Gasteiger charge is 2.28. The number of hydrogen-bond donors (Lipinski definition) is 1. The van der Waals surface area contributed by atoms with Crippen LogP contribution in [0.1, 0.15) is 22.7 Å². The Morgan fingerprint density at radius 3 is 2.79 bits per heavy atom. The number of rotatable bonds is 2. The molecule has 2 atom stereocenters. The molecule has 0 fully saturated rings. The van der Waals surface area contributed by atoms with Crippen LogP contribution in [0, 0.1) is 12.7 Å². The van der Waals surface area contributed by atoms with Crippen molar-refractivity contribution in [2.75, 3.05) is 0 Å². The van der Waals surface area contributed by atoms with E-state index in [-0.39, 0.29) is 11.9 Å². The Bertz CT molecular complexity index is 586. The summed E-state index contributed by atoms with van der Waals surface area (Å²) < 4.78 is 13.2. The van der Waals surface area contributed by atoms with E-state index in [1.165, 1.54) is 16.5 Å². The van der Waals surface area contributed by atoms with E-state index in [0.717, 1.165) is 17.5 Å². The van der Waals surface area contributed by atoms with E-state index in [1.807, 2.05) is 24.8 Å². The van der Waals surface area contributed by atoms with E-state index in [4.69, 9.17) is 5.73 Å². The molecular formula is C16H16FNS. The molecule has 2 unspecified atom stereocenters. The molecular weight excluding hydrogens is 257 g/mol. The lowest BCUT2D eigenvalue weighted by atomic mass is 9.96. The van der Waals surface area contributed by atoms with E-state index in [9.17, 15) is 4.39 Å². The Hall–Kier alpha value is -1.32. The third kappa shape index (κ3) is 2.40. The van der Waals surface area contributed by atoms with Gasteiger partial charge in [-0.05, 0) is 48.2 Å². The van der Waals surface area contributed by atoms with Crippen molar-refractivity contribution >= 4 is 11.8 Å². The minimum absolute atomic E-state index is 0.0574. The van der Waals surface area contributed by atoms with Crippen LogP contribution in [-0.4, -0.2) is 5.25 Å². The molecule has 1 heterocycles. The molecule has 0 bridgehead atoms. The predicted octanol–water partition coefficient (Wildman–Crippen LogP) is 3.85. The van der Waals surface area contributed by atoms with Gasteiger partial charge >= 0.3 is 0 Å². The maximum Gasteiger partial charge on any atom is 0.123 e. The predicted molar refractivity (Wildman–Crippen MR) is 77.9 cm³/mol. The number of aryl methyl sites for hydroxylation is 1. The summed E-state index contributed by atoms with van der Waals surface area (Å²) in [6, 6.07) is 13.2. The van der Waals surface area contributed by atoms with Gasteiger partial charge in [0.2, 0.25) is 0 Å². The van der Waals surface area contributed by atoms with Gasteiger partial charge in [-0.15, -0.1) is 11.8 Å². The molecule has 1 aliphatic heterocycles. The lowest BCUT2D eigenvalue weighted by Crippen LogP contribution is -2.24. The van der Waals surface area contributed by atoms with Crippen LogP contribution in [0.4, 0.5) is 4.39 Å². The summed E-state index contributed by atoms with van der Waals surface area (Å²) in [7, 11) is 0. The van der Waals surface area contributed by atoms with Crippen LogP contribution in [0.2, 0.25) is 0 Å². The van der Waals surface area contributed by atoms with Crippen molar-refractivity contribution in [2.24, 2.45) is 5.73 Å². The Morgan fingerprint density at radius 2 is 2.05 bits per heavy atom. The maximum absolute atomic E-state index is 13.2. The summed E-state index contributed by atoms with van der Waals surface area (Å²) in [5, 5.41) is 0.335. The minimum atomic E-state index is -0.198. The molecule has 98 valence electrons.